The maximum absolute atomic E-state index is 12.0. The van der Waals surface area contributed by atoms with Gasteiger partial charge in [0.1, 0.15) is 5.60 Å². The van der Waals surface area contributed by atoms with Gasteiger partial charge in [0, 0.05) is 31.7 Å². The van der Waals surface area contributed by atoms with Crippen molar-refractivity contribution in [2.24, 2.45) is 5.92 Å². The number of halogens is 2. The molecule has 5 nitrogen and oxygen atoms in total. The van der Waals surface area contributed by atoms with Crippen molar-refractivity contribution in [3.05, 3.63) is 27.7 Å². The highest BCUT2D eigenvalue weighted by Gasteiger charge is 2.48. The van der Waals surface area contributed by atoms with E-state index >= 15 is 0 Å². The third-order valence-corrected chi connectivity index (χ3v) is 8.15. The summed E-state index contributed by atoms with van der Waals surface area (Å²) in [7, 11) is 0. The molecule has 1 heterocycles. The van der Waals surface area contributed by atoms with Crippen LogP contribution in [-0.2, 0) is 4.79 Å². The maximum Gasteiger partial charge on any atom is 0.252 e. The van der Waals surface area contributed by atoms with Gasteiger partial charge in [-0.1, -0.05) is 23.2 Å². The molecule has 3 fully saturated rings. The summed E-state index contributed by atoms with van der Waals surface area (Å²) in [6, 6.07) is 4.69. The van der Waals surface area contributed by atoms with Crippen molar-refractivity contribution < 1.29 is 9.90 Å². The Hall–Kier alpha value is -1.01. The van der Waals surface area contributed by atoms with Crippen molar-refractivity contribution in [1.82, 2.24) is 10.2 Å². The Morgan fingerprint density at radius 2 is 1.90 bits per heavy atom. The quantitative estimate of drug-likeness (QED) is 0.650. The van der Waals surface area contributed by atoms with Crippen LogP contribution in [0.3, 0.4) is 0 Å². The summed E-state index contributed by atoms with van der Waals surface area (Å²) < 4.78 is 0. The number of amides is 1. The Bertz CT molecular complexity index is 806. The van der Waals surface area contributed by atoms with Gasteiger partial charge in [-0.3, -0.25) is 9.69 Å². The monoisotopic (exact) mass is 467 g/mol. The molecule has 1 atom stereocenters. The molecule has 0 bridgehead atoms. The molecular weight excluding hydrogens is 433 g/mol. The predicted octanol–water partition coefficient (Wildman–Crippen LogP) is 4.40. The number of rotatable bonds is 6. The summed E-state index contributed by atoms with van der Waals surface area (Å²) in [6.45, 7) is 8.48. The number of aryl methyl sites for hydroxylation is 1. The molecule has 2 aliphatic carbocycles. The third-order valence-electron chi connectivity index (χ3n) is 7.36. The largest absolute Gasteiger partial charge is 0.380 e. The zero-order valence-electron chi connectivity index (χ0n) is 18.7. The van der Waals surface area contributed by atoms with E-state index in [0.717, 1.165) is 69.0 Å². The van der Waals surface area contributed by atoms with Gasteiger partial charge in [-0.15, -0.1) is 0 Å². The van der Waals surface area contributed by atoms with E-state index in [1.807, 2.05) is 6.07 Å². The number of anilines is 1. The van der Waals surface area contributed by atoms with Crippen molar-refractivity contribution in [2.45, 2.75) is 76.5 Å². The van der Waals surface area contributed by atoms with Gasteiger partial charge in [-0.2, -0.15) is 0 Å². The van der Waals surface area contributed by atoms with Crippen LogP contribution in [0.15, 0.2) is 12.1 Å². The lowest BCUT2D eigenvalue weighted by Gasteiger charge is -2.42. The van der Waals surface area contributed by atoms with E-state index in [2.05, 4.69) is 35.0 Å². The Kier molecular flexibility index (Phi) is 7.07. The summed E-state index contributed by atoms with van der Waals surface area (Å²) in [5, 5.41) is 14.3. The Morgan fingerprint density at radius 1 is 1.19 bits per heavy atom. The molecule has 0 unspecified atom stereocenters. The number of hydrogen-bond donors (Lipinski definition) is 2. The lowest BCUT2D eigenvalue weighted by Crippen LogP contribution is -2.52. The number of nitrogens with one attached hydrogen (secondary N) is 1. The topological polar surface area (TPSA) is 55.8 Å². The third kappa shape index (κ3) is 5.50. The number of carbonyl (C=O) groups is 1. The second-order valence-corrected chi connectivity index (χ2v) is 10.7. The molecule has 31 heavy (non-hydrogen) atoms. The second-order valence-electron chi connectivity index (χ2n) is 9.93. The van der Waals surface area contributed by atoms with E-state index in [4.69, 9.17) is 23.2 Å². The zero-order valence-corrected chi connectivity index (χ0v) is 20.2. The summed E-state index contributed by atoms with van der Waals surface area (Å²) in [6.07, 6.45) is 6.83. The van der Waals surface area contributed by atoms with Crippen LogP contribution in [0.2, 0.25) is 10.0 Å². The summed E-state index contributed by atoms with van der Waals surface area (Å²) >= 11 is 12.8. The van der Waals surface area contributed by atoms with Crippen molar-refractivity contribution in [3.8, 4) is 0 Å². The van der Waals surface area contributed by atoms with Crippen LogP contribution in [0.25, 0.3) is 0 Å². The molecule has 1 aromatic carbocycles. The van der Waals surface area contributed by atoms with Gasteiger partial charge in [-0.25, -0.2) is 0 Å². The summed E-state index contributed by atoms with van der Waals surface area (Å²) in [5.74, 6) is 0.577. The van der Waals surface area contributed by atoms with Crippen molar-refractivity contribution in [2.75, 3.05) is 31.1 Å². The molecule has 1 aliphatic heterocycles. The van der Waals surface area contributed by atoms with Gasteiger partial charge in [0.2, 0.25) is 0 Å². The first-order chi connectivity index (χ1) is 14.7. The lowest BCUT2D eigenvalue weighted by atomic mass is 9.84. The highest BCUT2D eigenvalue weighted by molar-refractivity contribution is 6.43. The van der Waals surface area contributed by atoms with Crippen LogP contribution in [0.4, 0.5) is 5.69 Å². The SMILES string of the molecule is Cc1cc(Cl)c(Cl)c(N2CCN(CC[C@H]3CC[C@H](NC(=O)C4(O)CC4)CC3)C[C@H]2C)c1. The van der Waals surface area contributed by atoms with Crippen molar-refractivity contribution >= 4 is 34.8 Å². The zero-order chi connectivity index (χ0) is 22.2. The second kappa shape index (κ2) is 9.46. The number of hydrogen-bond acceptors (Lipinski definition) is 4. The first-order valence-electron chi connectivity index (χ1n) is 11.7. The van der Waals surface area contributed by atoms with E-state index in [0.29, 0.717) is 28.9 Å². The highest BCUT2D eigenvalue weighted by Crippen LogP contribution is 2.37. The minimum Gasteiger partial charge on any atom is -0.380 e. The minimum absolute atomic E-state index is 0.155. The molecule has 4 rings (SSSR count). The van der Waals surface area contributed by atoms with E-state index in [-0.39, 0.29) is 11.9 Å². The van der Waals surface area contributed by atoms with Gasteiger partial charge in [0.25, 0.3) is 5.91 Å². The smallest absolute Gasteiger partial charge is 0.252 e. The number of carbonyl (C=O) groups excluding carboxylic acids is 1. The van der Waals surface area contributed by atoms with Crippen LogP contribution in [0, 0.1) is 12.8 Å². The maximum atomic E-state index is 12.0. The average Bonchev–Trinajstić information content (AvgIpc) is 3.49. The van der Waals surface area contributed by atoms with Gasteiger partial charge in [0.05, 0.1) is 15.7 Å². The van der Waals surface area contributed by atoms with E-state index < -0.39 is 5.60 Å². The molecule has 1 amide bonds. The first-order valence-corrected chi connectivity index (χ1v) is 12.5. The molecule has 2 N–H and O–H groups in total. The molecule has 7 heteroatoms. The lowest BCUT2D eigenvalue weighted by molar-refractivity contribution is -0.132. The van der Waals surface area contributed by atoms with Gasteiger partial charge >= 0.3 is 0 Å². The molecule has 172 valence electrons. The number of piperazine rings is 1. The Balaban J connectivity index is 1.20. The normalized spacial score (nSPS) is 28.4. The molecule has 2 saturated carbocycles. The van der Waals surface area contributed by atoms with E-state index in [9.17, 15) is 9.90 Å². The molecular formula is C24H35Cl2N3O2. The van der Waals surface area contributed by atoms with Crippen molar-refractivity contribution in [1.29, 1.82) is 0 Å². The Labute approximate surface area is 196 Å². The Morgan fingerprint density at radius 3 is 2.55 bits per heavy atom. The fourth-order valence-corrected chi connectivity index (χ4v) is 5.62. The van der Waals surface area contributed by atoms with Crippen LogP contribution in [0.5, 0.6) is 0 Å². The van der Waals surface area contributed by atoms with Crippen LogP contribution >= 0.6 is 23.2 Å². The fourth-order valence-electron chi connectivity index (χ4n) is 5.14. The van der Waals surface area contributed by atoms with Gasteiger partial charge in [-0.05, 0) is 89.0 Å². The number of benzene rings is 1. The average molecular weight is 468 g/mol. The number of aliphatic hydroxyl groups is 1. The standard InChI is InChI=1S/C24H35Cl2N3O2/c1-16-13-20(25)22(26)21(14-16)29-12-11-28(15-17(29)2)10-7-18-3-5-19(6-4-18)27-23(30)24(31)8-9-24/h13-14,17-19,31H,3-12,15H2,1-2H3,(H,27,30)/t17-,18-,19-/m1/s1. The fraction of sp³-hybridized carbons (Fsp3) is 0.708. The van der Waals surface area contributed by atoms with E-state index in [1.165, 1.54) is 6.42 Å². The molecule has 3 aliphatic rings. The number of nitrogens with zero attached hydrogens (tertiary/aromatic N) is 2. The molecule has 1 saturated heterocycles. The molecule has 0 aromatic heterocycles. The first kappa shape index (κ1) is 23.2. The molecule has 1 aromatic rings. The minimum atomic E-state index is -1.05. The van der Waals surface area contributed by atoms with Gasteiger partial charge in [0.15, 0.2) is 0 Å². The van der Waals surface area contributed by atoms with Gasteiger partial charge < -0.3 is 15.3 Å². The highest BCUT2D eigenvalue weighted by atomic mass is 35.5. The van der Waals surface area contributed by atoms with Crippen LogP contribution in [-0.4, -0.2) is 59.8 Å². The van der Waals surface area contributed by atoms with E-state index in [1.54, 1.807) is 0 Å². The summed E-state index contributed by atoms with van der Waals surface area (Å²) in [5.41, 5.74) is 1.14. The van der Waals surface area contributed by atoms with Crippen molar-refractivity contribution in [3.63, 3.8) is 0 Å². The predicted molar refractivity (Wildman–Crippen MR) is 127 cm³/mol. The van der Waals surface area contributed by atoms with Crippen LogP contribution < -0.4 is 10.2 Å². The molecule has 0 radical (unpaired) electrons. The molecule has 0 spiro atoms. The van der Waals surface area contributed by atoms with Crippen LogP contribution in [0.1, 0.15) is 57.4 Å². The summed E-state index contributed by atoms with van der Waals surface area (Å²) in [4.78, 5) is 17.0.